The Morgan fingerprint density at radius 3 is 2.38 bits per heavy atom. The third-order valence-electron chi connectivity index (χ3n) is 3.21. The predicted molar refractivity (Wildman–Crippen MR) is 75.7 cm³/mol. The summed E-state index contributed by atoms with van der Waals surface area (Å²) in [6.07, 6.45) is -4.18. The summed E-state index contributed by atoms with van der Waals surface area (Å²) in [5.41, 5.74) is 4.76. The van der Waals surface area contributed by atoms with Gasteiger partial charge in [0.25, 0.3) is 0 Å². The van der Waals surface area contributed by atoms with Crippen molar-refractivity contribution in [1.82, 2.24) is 5.32 Å². The molecule has 1 amide bonds. The van der Waals surface area contributed by atoms with Crippen LogP contribution in [0.4, 0.5) is 13.2 Å². The van der Waals surface area contributed by atoms with Crippen molar-refractivity contribution in [1.29, 1.82) is 0 Å². The van der Waals surface area contributed by atoms with Gasteiger partial charge in [-0.1, -0.05) is 32.0 Å². The molecule has 3 N–H and O–H groups in total. The zero-order chi connectivity index (χ0) is 16.3. The SMILES string of the molecule is CC(N)CC(=O)NCC(C)(C)c1cccc(C(F)(F)F)c1. The number of amides is 1. The van der Waals surface area contributed by atoms with Crippen LogP contribution in [0.2, 0.25) is 0 Å². The van der Waals surface area contributed by atoms with E-state index in [0.29, 0.717) is 5.56 Å². The van der Waals surface area contributed by atoms with E-state index in [0.717, 1.165) is 12.1 Å². The molecule has 21 heavy (non-hydrogen) atoms. The van der Waals surface area contributed by atoms with E-state index in [1.165, 1.54) is 6.07 Å². The third kappa shape index (κ3) is 5.38. The van der Waals surface area contributed by atoms with E-state index in [9.17, 15) is 18.0 Å². The fourth-order valence-corrected chi connectivity index (χ4v) is 1.90. The summed E-state index contributed by atoms with van der Waals surface area (Å²) in [4.78, 5) is 11.6. The van der Waals surface area contributed by atoms with Gasteiger partial charge in [0.05, 0.1) is 5.56 Å². The molecule has 1 aromatic rings. The van der Waals surface area contributed by atoms with Gasteiger partial charge in [0.2, 0.25) is 5.91 Å². The van der Waals surface area contributed by atoms with Crippen molar-refractivity contribution in [3.63, 3.8) is 0 Å². The van der Waals surface area contributed by atoms with Crippen LogP contribution >= 0.6 is 0 Å². The van der Waals surface area contributed by atoms with Gasteiger partial charge in [-0.05, 0) is 18.6 Å². The van der Waals surface area contributed by atoms with Crippen LogP contribution in [-0.4, -0.2) is 18.5 Å². The largest absolute Gasteiger partial charge is 0.416 e. The average Bonchev–Trinajstić information content (AvgIpc) is 2.35. The molecule has 0 saturated carbocycles. The Morgan fingerprint density at radius 1 is 1.29 bits per heavy atom. The monoisotopic (exact) mass is 302 g/mol. The molecular weight excluding hydrogens is 281 g/mol. The van der Waals surface area contributed by atoms with Crippen molar-refractivity contribution in [3.8, 4) is 0 Å². The summed E-state index contributed by atoms with van der Waals surface area (Å²) in [6.45, 7) is 5.54. The first-order valence-corrected chi connectivity index (χ1v) is 6.72. The molecule has 3 nitrogen and oxygen atoms in total. The quantitative estimate of drug-likeness (QED) is 0.879. The lowest BCUT2D eigenvalue weighted by molar-refractivity contribution is -0.137. The number of alkyl halides is 3. The molecule has 0 aliphatic carbocycles. The Labute approximate surface area is 122 Å². The van der Waals surface area contributed by atoms with Crippen LogP contribution < -0.4 is 11.1 Å². The number of benzene rings is 1. The lowest BCUT2D eigenvalue weighted by Gasteiger charge is -2.26. The van der Waals surface area contributed by atoms with E-state index in [1.807, 2.05) is 0 Å². The van der Waals surface area contributed by atoms with Crippen molar-refractivity contribution >= 4 is 5.91 Å². The molecule has 0 saturated heterocycles. The van der Waals surface area contributed by atoms with Crippen molar-refractivity contribution in [2.24, 2.45) is 5.73 Å². The summed E-state index contributed by atoms with van der Waals surface area (Å²) in [5, 5.41) is 2.71. The maximum Gasteiger partial charge on any atom is 0.416 e. The molecule has 6 heteroatoms. The second-order valence-electron chi connectivity index (χ2n) is 5.92. The highest BCUT2D eigenvalue weighted by Crippen LogP contribution is 2.32. The summed E-state index contributed by atoms with van der Waals surface area (Å²) >= 11 is 0. The van der Waals surface area contributed by atoms with Gasteiger partial charge in [-0.2, -0.15) is 13.2 Å². The lowest BCUT2D eigenvalue weighted by atomic mass is 9.83. The molecule has 0 bridgehead atoms. The highest BCUT2D eigenvalue weighted by Gasteiger charge is 2.32. The van der Waals surface area contributed by atoms with Gasteiger partial charge in [0.15, 0.2) is 0 Å². The topological polar surface area (TPSA) is 55.1 Å². The summed E-state index contributed by atoms with van der Waals surface area (Å²) in [5.74, 6) is -0.204. The van der Waals surface area contributed by atoms with Crippen molar-refractivity contribution in [3.05, 3.63) is 35.4 Å². The smallest absolute Gasteiger partial charge is 0.355 e. The first-order chi connectivity index (χ1) is 9.52. The molecule has 118 valence electrons. The number of hydrogen-bond acceptors (Lipinski definition) is 2. The Hall–Kier alpha value is -1.56. The van der Waals surface area contributed by atoms with Gasteiger partial charge in [0, 0.05) is 24.4 Å². The number of nitrogens with two attached hydrogens (primary N) is 1. The molecule has 1 rings (SSSR count). The van der Waals surface area contributed by atoms with E-state index < -0.39 is 17.2 Å². The molecular formula is C15H21F3N2O. The number of hydrogen-bond donors (Lipinski definition) is 2. The average molecular weight is 302 g/mol. The number of nitrogens with one attached hydrogen (secondary N) is 1. The minimum absolute atomic E-state index is 0.193. The van der Waals surface area contributed by atoms with Gasteiger partial charge in [-0.15, -0.1) is 0 Å². The maximum absolute atomic E-state index is 12.7. The van der Waals surface area contributed by atoms with Gasteiger partial charge < -0.3 is 11.1 Å². The second kappa shape index (κ2) is 6.47. The number of carbonyl (C=O) groups is 1. The highest BCUT2D eigenvalue weighted by molar-refractivity contribution is 5.76. The van der Waals surface area contributed by atoms with Crippen LogP contribution in [0.5, 0.6) is 0 Å². The number of halogens is 3. The summed E-state index contributed by atoms with van der Waals surface area (Å²) < 4.78 is 38.2. The molecule has 1 atom stereocenters. The van der Waals surface area contributed by atoms with E-state index in [4.69, 9.17) is 5.73 Å². The zero-order valence-corrected chi connectivity index (χ0v) is 12.4. The van der Waals surface area contributed by atoms with E-state index in [1.54, 1.807) is 26.8 Å². The predicted octanol–water partition coefficient (Wildman–Crippen LogP) is 2.84. The van der Waals surface area contributed by atoms with Gasteiger partial charge in [-0.3, -0.25) is 4.79 Å². The number of carbonyl (C=O) groups excluding carboxylic acids is 1. The highest BCUT2D eigenvalue weighted by atomic mass is 19.4. The van der Waals surface area contributed by atoms with Crippen LogP contribution in [-0.2, 0) is 16.4 Å². The summed E-state index contributed by atoms with van der Waals surface area (Å²) in [6, 6.07) is 4.92. The molecule has 0 radical (unpaired) electrons. The molecule has 0 fully saturated rings. The molecule has 0 spiro atoms. The van der Waals surface area contributed by atoms with Crippen molar-refractivity contribution in [2.75, 3.05) is 6.54 Å². The maximum atomic E-state index is 12.7. The standard InChI is InChI=1S/C15H21F3N2O/c1-10(19)7-13(21)20-9-14(2,3)11-5-4-6-12(8-11)15(16,17)18/h4-6,8,10H,7,9,19H2,1-3H3,(H,20,21). The van der Waals surface area contributed by atoms with Gasteiger partial charge in [-0.25, -0.2) is 0 Å². The van der Waals surface area contributed by atoms with Crippen LogP contribution in [0, 0.1) is 0 Å². The molecule has 0 heterocycles. The molecule has 1 unspecified atom stereocenters. The summed E-state index contributed by atoms with van der Waals surface area (Å²) in [7, 11) is 0. The third-order valence-corrected chi connectivity index (χ3v) is 3.21. The first kappa shape index (κ1) is 17.5. The van der Waals surface area contributed by atoms with Crippen LogP contribution in [0.1, 0.15) is 38.3 Å². The van der Waals surface area contributed by atoms with Crippen LogP contribution in [0.3, 0.4) is 0 Å². The van der Waals surface area contributed by atoms with Crippen molar-refractivity contribution < 1.29 is 18.0 Å². The number of rotatable bonds is 5. The van der Waals surface area contributed by atoms with E-state index >= 15 is 0 Å². The van der Waals surface area contributed by atoms with Crippen LogP contribution in [0.25, 0.3) is 0 Å². The normalized spacial score (nSPS) is 13.9. The van der Waals surface area contributed by atoms with Gasteiger partial charge >= 0.3 is 6.18 Å². The minimum Gasteiger partial charge on any atom is -0.355 e. The second-order valence-corrected chi connectivity index (χ2v) is 5.92. The molecule has 1 aromatic carbocycles. The Balaban J connectivity index is 2.81. The van der Waals surface area contributed by atoms with Crippen LogP contribution in [0.15, 0.2) is 24.3 Å². The zero-order valence-electron chi connectivity index (χ0n) is 12.4. The Bertz CT molecular complexity index is 496. The fraction of sp³-hybridized carbons (Fsp3) is 0.533. The minimum atomic E-state index is -4.37. The van der Waals surface area contributed by atoms with Gasteiger partial charge in [0.1, 0.15) is 0 Å². The lowest BCUT2D eigenvalue weighted by Crippen LogP contribution is -2.38. The molecule has 0 aliphatic heterocycles. The van der Waals surface area contributed by atoms with Crippen molar-refractivity contribution in [2.45, 2.75) is 44.8 Å². The molecule has 0 aliphatic rings. The fourth-order valence-electron chi connectivity index (χ4n) is 1.90. The Kier molecular flexibility index (Phi) is 5.39. The Morgan fingerprint density at radius 2 is 1.86 bits per heavy atom. The first-order valence-electron chi connectivity index (χ1n) is 6.72. The van der Waals surface area contributed by atoms with E-state index in [2.05, 4.69) is 5.32 Å². The van der Waals surface area contributed by atoms with E-state index in [-0.39, 0.29) is 24.9 Å². The molecule has 0 aromatic heterocycles.